The van der Waals surface area contributed by atoms with Gasteiger partial charge in [0.25, 0.3) is 0 Å². The minimum Gasteiger partial charge on any atom is -0.394 e. The lowest BCUT2D eigenvalue weighted by molar-refractivity contribution is -0.251. The third-order valence-electron chi connectivity index (χ3n) is 2.05. The highest BCUT2D eigenvalue weighted by Gasteiger charge is 2.53. The molecule has 0 aromatic rings. The fourth-order valence-electron chi connectivity index (χ4n) is 1.34. The van der Waals surface area contributed by atoms with Crippen molar-refractivity contribution in [3.05, 3.63) is 0 Å². The molecule has 1 aliphatic heterocycles. The van der Waals surface area contributed by atoms with E-state index in [4.69, 9.17) is 9.84 Å². The summed E-state index contributed by atoms with van der Waals surface area (Å²) in [5, 5.41) is 36.9. The van der Waals surface area contributed by atoms with E-state index >= 15 is 0 Å². The molecule has 1 heterocycles. The topological polar surface area (TPSA) is 99.4 Å². The number of methoxy groups -OCH3 is 1. The van der Waals surface area contributed by atoms with Crippen molar-refractivity contribution in [2.75, 3.05) is 20.3 Å². The van der Waals surface area contributed by atoms with Gasteiger partial charge in [0.15, 0.2) is 0 Å². The van der Waals surface area contributed by atoms with Crippen LogP contribution in [0.25, 0.3) is 0 Å². The van der Waals surface area contributed by atoms with Gasteiger partial charge < -0.3 is 29.9 Å². The first-order valence-corrected chi connectivity index (χ1v) is 3.91. The van der Waals surface area contributed by atoms with Crippen molar-refractivity contribution in [3.8, 4) is 0 Å². The molecule has 0 bridgehead atoms. The van der Waals surface area contributed by atoms with Crippen LogP contribution in [-0.2, 0) is 9.47 Å². The molecule has 4 unspecified atom stereocenters. The zero-order valence-electron chi connectivity index (χ0n) is 7.25. The van der Waals surface area contributed by atoms with Crippen LogP contribution < -0.4 is 0 Å². The van der Waals surface area contributed by atoms with Crippen molar-refractivity contribution in [3.63, 3.8) is 0 Å². The quantitative estimate of drug-likeness (QED) is 0.394. The predicted octanol–water partition coefficient (Wildman–Crippen LogP) is -2.57. The Hall–Kier alpha value is -0.240. The Labute approximate surface area is 75.3 Å². The van der Waals surface area contributed by atoms with Crippen LogP contribution in [-0.4, -0.2) is 64.8 Å². The van der Waals surface area contributed by atoms with Crippen molar-refractivity contribution in [2.24, 2.45) is 0 Å². The van der Waals surface area contributed by atoms with E-state index in [1.807, 2.05) is 0 Å². The van der Waals surface area contributed by atoms with Crippen LogP contribution in [0.4, 0.5) is 0 Å². The largest absolute Gasteiger partial charge is 0.394 e. The predicted molar refractivity (Wildman–Crippen MR) is 40.8 cm³/mol. The Morgan fingerprint density at radius 3 is 2.46 bits per heavy atom. The van der Waals surface area contributed by atoms with E-state index in [9.17, 15) is 15.3 Å². The van der Waals surface area contributed by atoms with Gasteiger partial charge in [-0.2, -0.15) is 0 Å². The van der Waals surface area contributed by atoms with Crippen LogP contribution in [0.5, 0.6) is 0 Å². The summed E-state index contributed by atoms with van der Waals surface area (Å²) in [7, 11) is 1.33. The number of hydrogen-bond donors (Lipinski definition) is 4. The van der Waals surface area contributed by atoms with Crippen LogP contribution in [0.15, 0.2) is 0 Å². The van der Waals surface area contributed by atoms with Crippen LogP contribution in [0.1, 0.15) is 0 Å². The lowest BCUT2D eigenvalue weighted by atomic mass is 10.1. The maximum Gasteiger partial charge on any atom is 0.219 e. The third kappa shape index (κ3) is 1.83. The van der Waals surface area contributed by atoms with Crippen LogP contribution in [0.2, 0.25) is 0 Å². The summed E-state index contributed by atoms with van der Waals surface area (Å²) >= 11 is 0. The third-order valence-corrected chi connectivity index (χ3v) is 2.05. The molecular weight excluding hydrogens is 180 g/mol. The van der Waals surface area contributed by atoms with Gasteiger partial charge in [0, 0.05) is 7.11 Å². The number of ether oxygens (including phenoxy) is 2. The summed E-state index contributed by atoms with van der Waals surface area (Å²) in [5.41, 5.74) is 0. The molecule has 78 valence electrons. The molecule has 13 heavy (non-hydrogen) atoms. The van der Waals surface area contributed by atoms with Gasteiger partial charge >= 0.3 is 0 Å². The van der Waals surface area contributed by atoms with E-state index in [2.05, 4.69) is 4.74 Å². The second-order valence-corrected chi connectivity index (χ2v) is 3.05. The van der Waals surface area contributed by atoms with Gasteiger partial charge in [0.2, 0.25) is 5.79 Å². The molecule has 0 aromatic heterocycles. The van der Waals surface area contributed by atoms with E-state index in [0.29, 0.717) is 0 Å². The summed E-state index contributed by atoms with van der Waals surface area (Å²) in [6, 6.07) is 0. The average molecular weight is 194 g/mol. The number of rotatable bonds is 3. The Kier molecular flexibility index (Phi) is 3.23. The molecule has 0 saturated carbocycles. The van der Waals surface area contributed by atoms with Crippen molar-refractivity contribution in [1.29, 1.82) is 0 Å². The number of hydrogen-bond acceptors (Lipinski definition) is 6. The molecule has 0 aromatic carbocycles. The molecule has 0 amide bonds. The second-order valence-electron chi connectivity index (χ2n) is 3.05. The summed E-state index contributed by atoms with van der Waals surface area (Å²) in [6.45, 7) is -0.730. The Balaban J connectivity index is 2.69. The van der Waals surface area contributed by atoms with Gasteiger partial charge in [-0.15, -0.1) is 0 Å². The SMILES string of the molecule is COCC1(O)OC(CO)C(O)C1O. The maximum atomic E-state index is 9.56. The standard InChI is InChI=1S/C7H14O6/c1-12-3-7(11)6(10)5(9)4(2-8)13-7/h4-6,8-11H,2-3H2,1H3. The molecule has 4 atom stereocenters. The van der Waals surface area contributed by atoms with Crippen LogP contribution in [0.3, 0.4) is 0 Å². The van der Waals surface area contributed by atoms with Crippen LogP contribution >= 0.6 is 0 Å². The van der Waals surface area contributed by atoms with Crippen LogP contribution in [0, 0.1) is 0 Å². The number of aliphatic hydroxyl groups is 4. The van der Waals surface area contributed by atoms with Crippen molar-refractivity contribution in [1.82, 2.24) is 0 Å². The monoisotopic (exact) mass is 194 g/mol. The van der Waals surface area contributed by atoms with Crippen molar-refractivity contribution < 1.29 is 29.9 Å². The Bertz CT molecular complexity index is 174. The molecule has 6 nitrogen and oxygen atoms in total. The van der Waals surface area contributed by atoms with Gasteiger partial charge in [-0.25, -0.2) is 0 Å². The summed E-state index contributed by atoms with van der Waals surface area (Å²) < 4.78 is 9.46. The highest BCUT2D eigenvalue weighted by atomic mass is 16.7. The summed E-state index contributed by atoms with van der Waals surface area (Å²) in [4.78, 5) is 0. The molecular formula is C7H14O6. The highest BCUT2D eigenvalue weighted by molar-refractivity contribution is 4.95. The minimum atomic E-state index is -1.93. The van der Waals surface area contributed by atoms with Gasteiger partial charge in [0.05, 0.1) is 6.61 Å². The second kappa shape index (κ2) is 3.87. The number of aliphatic hydroxyl groups excluding tert-OH is 3. The fourth-order valence-corrected chi connectivity index (χ4v) is 1.34. The molecule has 6 heteroatoms. The van der Waals surface area contributed by atoms with Gasteiger partial charge in [-0.1, -0.05) is 0 Å². The molecule has 1 saturated heterocycles. The first kappa shape index (κ1) is 10.8. The Morgan fingerprint density at radius 1 is 1.46 bits per heavy atom. The van der Waals surface area contributed by atoms with Gasteiger partial charge in [-0.3, -0.25) is 0 Å². The smallest absolute Gasteiger partial charge is 0.219 e. The average Bonchev–Trinajstić information content (AvgIpc) is 2.31. The summed E-state index contributed by atoms with van der Waals surface area (Å²) in [6.07, 6.45) is -3.75. The zero-order chi connectivity index (χ0) is 10.1. The molecule has 1 rings (SSSR count). The van der Waals surface area contributed by atoms with E-state index < -0.39 is 30.7 Å². The fraction of sp³-hybridized carbons (Fsp3) is 1.00. The molecule has 4 N–H and O–H groups in total. The van der Waals surface area contributed by atoms with Crippen molar-refractivity contribution >= 4 is 0 Å². The molecule has 0 spiro atoms. The zero-order valence-corrected chi connectivity index (χ0v) is 7.25. The minimum absolute atomic E-state index is 0.262. The normalized spacial score (nSPS) is 45.5. The Morgan fingerprint density at radius 2 is 2.08 bits per heavy atom. The van der Waals surface area contributed by atoms with Crippen molar-refractivity contribution in [2.45, 2.75) is 24.1 Å². The molecule has 0 radical (unpaired) electrons. The summed E-state index contributed by atoms with van der Waals surface area (Å²) in [5.74, 6) is -1.93. The lowest BCUT2D eigenvalue weighted by Gasteiger charge is -2.24. The van der Waals surface area contributed by atoms with Gasteiger partial charge in [-0.05, 0) is 0 Å². The highest BCUT2D eigenvalue weighted by Crippen LogP contribution is 2.29. The van der Waals surface area contributed by atoms with E-state index in [1.54, 1.807) is 0 Å². The first-order chi connectivity index (χ1) is 6.05. The first-order valence-electron chi connectivity index (χ1n) is 3.91. The molecule has 1 aliphatic rings. The van der Waals surface area contributed by atoms with E-state index in [0.717, 1.165) is 0 Å². The lowest BCUT2D eigenvalue weighted by Crippen LogP contribution is -2.46. The molecule has 1 fully saturated rings. The molecule has 0 aliphatic carbocycles. The maximum absolute atomic E-state index is 9.56. The van der Waals surface area contributed by atoms with Gasteiger partial charge in [0.1, 0.15) is 24.9 Å². The van der Waals surface area contributed by atoms with E-state index in [1.165, 1.54) is 7.11 Å². The van der Waals surface area contributed by atoms with E-state index in [-0.39, 0.29) is 6.61 Å².